The van der Waals surface area contributed by atoms with E-state index in [1.165, 1.54) is 0 Å². The Balaban J connectivity index is 2.18. The number of hydrogen-bond acceptors (Lipinski definition) is 3. The number of carboxylic acids is 1. The van der Waals surface area contributed by atoms with Crippen LogP contribution in [0.25, 0.3) is 0 Å². The zero-order chi connectivity index (χ0) is 9.68. The Labute approximate surface area is 78.0 Å². The minimum atomic E-state index is -0.666. The lowest BCUT2D eigenvalue weighted by Crippen LogP contribution is -2.36. The van der Waals surface area contributed by atoms with Crippen LogP contribution in [0.15, 0.2) is 0 Å². The first kappa shape index (κ1) is 10.5. The highest BCUT2D eigenvalue weighted by Crippen LogP contribution is 2.24. The van der Waals surface area contributed by atoms with Crippen molar-refractivity contribution in [1.82, 2.24) is 5.32 Å². The normalized spacial score (nSPS) is 28.7. The molecule has 13 heavy (non-hydrogen) atoms. The van der Waals surface area contributed by atoms with E-state index in [-0.39, 0.29) is 12.5 Å². The van der Waals surface area contributed by atoms with E-state index in [1.807, 2.05) is 0 Å². The first-order valence-corrected chi connectivity index (χ1v) is 4.81. The number of aliphatic carboxylic acids is 1. The molecule has 4 heteroatoms. The molecule has 1 rings (SSSR count). The van der Waals surface area contributed by atoms with Crippen molar-refractivity contribution >= 4 is 5.97 Å². The molecule has 0 aromatic rings. The van der Waals surface area contributed by atoms with Gasteiger partial charge in [-0.25, -0.2) is 0 Å². The van der Waals surface area contributed by atoms with Gasteiger partial charge in [-0.3, -0.25) is 4.79 Å². The summed E-state index contributed by atoms with van der Waals surface area (Å²) in [5.41, 5.74) is 0. The molecule has 0 aromatic heterocycles. The van der Waals surface area contributed by atoms with E-state index >= 15 is 0 Å². The molecule has 1 aliphatic rings. The number of carboxylic acid groups (broad SMARTS) is 1. The van der Waals surface area contributed by atoms with E-state index in [0.717, 1.165) is 25.7 Å². The second-order valence-electron chi connectivity index (χ2n) is 3.56. The summed E-state index contributed by atoms with van der Waals surface area (Å²) in [4.78, 5) is 10.6. The predicted octanol–water partition coefficient (Wildman–Crippen LogP) is 0.212. The first-order valence-electron chi connectivity index (χ1n) is 4.81. The van der Waals surface area contributed by atoms with Crippen molar-refractivity contribution in [2.45, 2.75) is 31.7 Å². The second kappa shape index (κ2) is 5.19. The lowest BCUT2D eigenvalue weighted by atomic mass is 9.86. The van der Waals surface area contributed by atoms with Crippen molar-refractivity contribution in [3.8, 4) is 0 Å². The Hall–Kier alpha value is -0.610. The third-order valence-corrected chi connectivity index (χ3v) is 2.62. The van der Waals surface area contributed by atoms with Crippen LogP contribution in [0.3, 0.4) is 0 Å². The van der Waals surface area contributed by atoms with Gasteiger partial charge in [-0.15, -0.1) is 0 Å². The molecule has 0 spiro atoms. The monoisotopic (exact) mass is 187 g/mol. The van der Waals surface area contributed by atoms with Crippen LogP contribution in [-0.2, 0) is 4.79 Å². The fourth-order valence-electron chi connectivity index (χ4n) is 1.81. The summed E-state index contributed by atoms with van der Waals surface area (Å²) in [6.45, 7) is 0.765. The second-order valence-corrected chi connectivity index (χ2v) is 3.56. The number of rotatable bonds is 4. The molecule has 1 saturated carbocycles. The van der Waals surface area contributed by atoms with Gasteiger partial charge in [0.15, 0.2) is 0 Å². The van der Waals surface area contributed by atoms with Gasteiger partial charge >= 0.3 is 5.97 Å². The average molecular weight is 187 g/mol. The van der Waals surface area contributed by atoms with Crippen molar-refractivity contribution in [2.75, 3.05) is 13.2 Å². The van der Waals surface area contributed by atoms with Crippen LogP contribution in [0.2, 0.25) is 0 Å². The molecular formula is C9H17NO3. The van der Waals surface area contributed by atoms with Gasteiger partial charge in [0, 0.05) is 12.6 Å². The summed E-state index contributed by atoms with van der Waals surface area (Å²) < 4.78 is 0. The molecule has 4 nitrogen and oxygen atoms in total. The Morgan fingerprint density at radius 1 is 1.31 bits per heavy atom. The summed E-state index contributed by atoms with van der Waals surface area (Å²) in [6, 6.07) is 0.405. The number of aliphatic hydroxyl groups excluding tert-OH is 1. The first-order chi connectivity index (χ1) is 6.24. The van der Waals surface area contributed by atoms with Crippen LogP contribution in [0.4, 0.5) is 0 Å². The molecule has 0 radical (unpaired) electrons. The maximum absolute atomic E-state index is 10.6. The fraction of sp³-hybridized carbons (Fsp3) is 0.889. The minimum absolute atomic E-state index is 0.146. The molecule has 0 heterocycles. The zero-order valence-corrected chi connectivity index (χ0v) is 7.70. The van der Waals surface area contributed by atoms with Gasteiger partial charge in [0.25, 0.3) is 0 Å². The van der Waals surface area contributed by atoms with E-state index < -0.39 is 5.97 Å². The van der Waals surface area contributed by atoms with Gasteiger partial charge < -0.3 is 15.5 Å². The van der Waals surface area contributed by atoms with E-state index in [2.05, 4.69) is 5.32 Å². The van der Waals surface area contributed by atoms with Crippen LogP contribution >= 0.6 is 0 Å². The van der Waals surface area contributed by atoms with Crippen LogP contribution in [-0.4, -0.2) is 35.4 Å². The largest absolute Gasteiger partial charge is 0.481 e. The van der Waals surface area contributed by atoms with Gasteiger partial charge in [0.1, 0.15) is 0 Å². The van der Waals surface area contributed by atoms with Crippen molar-refractivity contribution in [1.29, 1.82) is 0 Å². The highest BCUT2D eigenvalue weighted by molar-refractivity contribution is 5.70. The molecule has 0 aliphatic heterocycles. The summed E-state index contributed by atoms with van der Waals surface area (Å²) in [7, 11) is 0. The molecule has 0 saturated heterocycles. The zero-order valence-electron chi connectivity index (χ0n) is 7.70. The topological polar surface area (TPSA) is 69.6 Å². The Morgan fingerprint density at radius 3 is 2.38 bits per heavy atom. The van der Waals surface area contributed by atoms with Crippen molar-refractivity contribution in [3.63, 3.8) is 0 Å². The van der Waals surface area contributed by atoms with Gasteiger partial charge in [0.2, 0.25) is 0 Å². The van der Waals surface area contributed by atoms with Crippen molar-refractivity contribution in [2.24, 2.45) is 5.92 Å². The molecule has 3 N–H and O–H groups in total. The van der Waals surface area contributed by atoms with E-state index in [0.29, 0.717) is 12.6 Å². The maximum Gasteiger partial charge on any atom is 0.306 e. The van der Waals surface area contributed by atoms with E-state index in [9.17, 15) is 4.79 Å². The smallest absolute Gasteiger partial charge is 0.306 e. The van der Waals surface area contributed by atoms with E-state index in [1.54, 1.807) is 0 Å². The standard InChI is InChI=1S/C9H17NO3/c11-6-5-10-8-3-1-7(2-4-8)9(12)13/h7-8,10-11H,1-6H2,(H,12,13). The highest BCUT2D eigenvalue weighted by atomic mass is 16.4. The molecule has 76 valence electrons. The summed E-state index contributed by atoms with van der Waals surface area (Å²) >= 11 is 0. The summed E-state index contributed by atoms with van der Waals surface area (Å²) in [5.74, 6) is -0.812. The quantitative estimate of drug-likeness (QED) is 0.588. The maximum atomic E-state index is 10.6. The molecule has 0 aromatic carbocycles. The number of hydrogen-bond donors (Lipinski definition) is 3. The Bertz CT molecular complexity index is 164. The van der Waals surface area contributed by atoms with E-state index in [4.69, 9.17) is 10.2 Å². The third kappa shape index (κ3) is 3.32. The third-order valence-electron chi connectivity index (χ3n) is 2.62. The molecule has 0 amide bonds. The SMILES string of the molecule is O=C(O)C1CCC(NCCO)CC1. The average Bonchev–Trinajstić information content (AvgIpc) is 2.15. The minimum Gasteiger partial charge on any atom is -0.481 e. The van der Waals surface area contributed by atoms with Crippen molar-refractivity contribution < 1.29 is 15.0 Å². The van der Waals surface area contributed by atoms with Crippen LogP contribution < -0.4 is 5.32 Å². The van der Waals surface area contributed by atoms with Crippen molar-refractivity contribution in [3.05, 3.63) is 0 Å². The lowest BCUT2D eigenvalue weighted by Gasteiger charge is -2.26. The molecule has 0 atom stereocenters. The lowest BCUT2D eigenvalue weighted by molar-refractivity contribution is -0.142. The van der Waals surface area contributed by atoms with Gasteiger partial charge in [-0.2, -0.15) is 0 Å². The highest BCUT2D eigenvalue weighted by Gasteiger charge is 2.25. The molecule has 1 aliphatic carbocycles. The summed E-state index contributed by atoms with van der Waals surface area (Å²) in [5, 5.41) is 20.5. The Morgan fingerprint density at radius 2 is 1.92 bits per heavy atom. The number of aliphatic hydroxyl groups is 1. The molecule has 0 unspecified atom stereocenters. The van der Waals surface area contributed by atoms with Gasteiger partial charge in [-0.1, -0.05) is 0 Å². The summed E-state index contributed by atoms with van der Waals surface area (Å²) in [6.07, 6.45) is 3.35. The molecular weight excluding hydrogens is 170 g/mol. The van der Waals surface area contributed by atoms with Crippen LogP contribution in [0.1, 0.15) is 25.7 Å². The van der Waals surface area contributed by atoms with Crippen LogP contribution in [0, 0.1) is 5.92 Å². The van der Waals surface area contributed by atoms with Crippen LogP contribution in [0.5, 0.6) is 0 Å². The fourth-order valence-corrected chi connectivity index (χ4v) is 1.81. The van der Waals surface area contributed by atoms with Gasteiger partial charge in [0.05, 0.1) is 12.5 Å². The molecule has 1 fully saturated rings. The predicted molar refractivity (Wildman–Crippen MR) is 48.5 cm³/mol. The Kier molecular flexibility index (Phi) is 4.18. The van der Waals surface area contributed by atoms with Gasteiger partial charge in [-0.05, 0) is 25.7 Å². The number of nitrogens with one attached hydrogen (secondary N) is 1. The number of carbonyl (C=O) groups is 1. The molecule has 0 bridgehead atoms.